The van der Waals surface area contributed by atoms with Crippen LogP contribution >= 0.6 is 0 Å². The average molecular weight is 301 g/mol. The molecule has 3 rings (SSSR count). The molecule has 1 fully saturated rings. The molecule has 2 amide bonds. The number of carbonyl (C=O) groups is 2. The van der Waals surface area contributed by atoms with Crippen molar-refractivity contribution in [2.24, 2.45) is 5.92 Å². The van der Waals surface area contributed by atoms with Gasteiger partial charge in [0.05, 0.1) is 12.0 Å². The van der Waals surface area contributed by atoms with Gasteiger partial charge in [-0.1, -0.05) is 24.3 Å². The summed E-state index contributed by atoms with van der Waals surface area (Å²) in [6.07, 6.45) is 2.49. The summed E-state index contributed by atoms with van der Waals surface area (Å²) in [6.45, 7) is 2.03. The van der Waals surface area contributed by atoms with Crippen LogP contribution in [0.2, 0.25) is 0 Å². The molecule has 1 saturated heterocycles. The number of nitrogens with one attached hydrogen (secondary N) is 2. The zero-order chi connectivity index (χ0) is 15.5. The number of carbonyl (C=O) groups excluding carboxylic acids is 2. The van der Waals surface area contributed by atoms with E-state index in [9.17, 15) is 9.59 Å². The molecular weight excluding hydrogens is 278 g/mol. The first-order valence-corrected chi connectivity index (χ1v) is 7.99. The molecule has 1 aromatic carbocycles. The second-order valence-corrected chi connectivity index (χ2v) is 6.14. The number of benzene rings is 1. The fourth-order valence-corrected chi connectivity index (χ4v) is 3.44. The first-order chi connectivity index (χ1) is 10.7. The molecule has 0 saturated carbocycles. The summed E-state index contributed by atoms with van der Waals surface area (Å²) in [6, 6.07) is 8.08. The van der Waals surface area contributed by atoms with Gasteiger partial charge in [-0.05, 0) is 30.4 Å². The van der Waals surface area contributed by atoms with Gasteiger partial charge < -0.3 is 15.5 Å². The minimum absolute atomic E-state index is 0.0412. The smallest absolute Gasteiger partial charge is 0.240 e. The van der Waals surface area contributed by atoms with Crippen LogP contribution in [0, 0.1) is 5.92 Å². The van der Waals surface area contributed by atoms with Crippen molar-refractivity contribution in [2.45, 2.75) is 31.8 Å². The van der Waals surface area contributed by atoms with Gasteiger partial charge in [-0.3, -0.25) is 9.59 Å². The van der Waals surface area contributed by atoms with Crippen molar-refractivity contribution in [1.29, 1.82) is 0 Å². The Hall–Kier alpha value is -1.88. The molecule has 2 atom stereocenters. The summed E-state index contributed by atoms with van der Waals surface area (Å²) in [5.41, 5.74) is 2.52. The molecule has 0 aromatic heterocycles. The van der Waals surface area contributed by atoms with Gasteiger partial charge in [0.25, 0.3) is 0 Å². The molecule has 2 aliphatic rings. The number of hydrogen-bond acceptors (Lipinski definition) is 3. The Bertz CT molecular complexity index is 573. The van der Waals surface area contributed by atoms with Crippen LogP contribution in [0.4, 0.5) is 0 Å². The molecule has 0 aliphatic carbocycles. The van der Waals surface area contributed by atoms with Crippen molar-refractivity contribution in [1.82, 2.24) is 15.5 Å². The molecule has 2 aliphatic heterocycles. The fourth-order valence-electron chi connectivity index (χ4n) is 3.44. The number of nitrogens with zero attached hydrogens (tertiary/aromatic N) is 1. The van der Waals surface area contributed by atoms with Crippen molar-refractivity contribution in [3.8, 4) is 0 Å². The Morgan fingerprint density at radius 3 is 2.82 bits per heavy atom. The standard InChI is InChI=1S/C17H23N3O2/c1-18-16(21)14-7-4-8-20(11-14)17(22)15-9-12-5-2-3-6-13(12)10-19-15/h2-3,5-6,14-15,19H,4,7-11H2,1H3,(H,18,21)/t14-,15-/m0/s1. The molecule has 0 bridgehead atoms. The zero-order valence-corrected chi connectivity index (χ0v) is 13.0. The predicted octanol–water partition coefficient (Wildman–Crippen LogP) is 0.685. The van der Waals surface area contributed by atoms with E-state index in [0.717, 1.165) is 32.4 Å². The van der Waals surface area contributed by atoms with E-state index in [0.29, 0.717) is 6.54 Å². The van der Waals surface area contributed by atoms with E-state index in [2.05, 4.69) is 22.8 Å². The Balaban J connectivity index is 1.66. The summed E-state index contributed by atoms with van der Waals surface area (Å²) >= 11 is 0. The SMILES string of the molecule is CNC(=O)[C@H]1CCCN(C(=O)[C@@H]2Cc3ccccc3CN2)C1. The average Bonchev–Trinajstić information content (AvgIpc) is 2.60. The number of hydrogen-bond donors (Lipinski definition) is 2. The first-order valence-electron chi connectivity index (χ1n) is 7.99. The largest absolute Gasteiger partial charge is 0.359 e. The van der Waals surface area contributed by atoms with E-state index in [1.54, 1.807) is 7.05 Å². The third kappa shape index (κ3) is 2.99. The number of amides is 2. The summed E-state index contributed by atoms with van der Waals surface area (Å²) < 4.78 is 0. The quantitative estimate of drug-likeness (QED) is 0.845. The van der Waals surface area contributed by atoms with Crippen molar-refractivity contribution >= 4 is 11.8 Å². The minimum Gasteiger partial charge on any atom is -0.359 e. The lowest BCUT2D eigenvalue weighted by Crippen LogP contribution is -2.53. The van der Waals surface area contributed by atoms with Crippen molar-refractivity contribution in [3.05, 3.63) is 35.4 Å². The third-order valence-corrected chi connectivity index (χ3v) is 4.73. The van der Waals surface area contributed by atoms with E-state index in [1.165, 1.54) is 11.1 Å². The van der Waals surface area contributed by atoms with E-state index in [-0.39, 0.29) is 23.8 Å². The molecule has 2 heterocycles. The molecule has 0 radical (unpaired) electrons. The summed E-state index contributed by atoms with van der Waals surface area (Å²) in [4.78, 5) is 26.4. The van der Waals surface area contributed by atoms with Crippen molar-refractivity contribution in [2.75, 3.05) is 20.1 Å². The fraction of sp³-hybridized carbons (Fsp3) is 0.529. The number of likely N-dealkylation sites (tertiary alicyclic amines) is 1. The highest BCUT2D eigenvalue weighted by atomic mass is 16.2. The van der Waals surface area contributed by atoms with Gasteiger partial charge in [0.15, 0.2) is 0 Å². The van der Waals surface area contributed by atoms with Crippen LogP contribution in [0.1, 0.15) is 24.0 Å². The second kappa shape index (κ2) is 6.48. The summed E-state index contributed by atoms with van der Waals surface area (Å²) in [5.74, 6) is 0.0983. The monoisotopic (exact) mass is 301 g/mol. The lowest BCUT2D eigenvalue weighted by Gasteiger charge is -2.35. The molecule has 0 unspecified atom stereocenters. The van der Waals surface area contributed by atoms with E-state index in [1.807, 2.05) is 17.0 Å². The molecular formula is C17H23N3O2. The minimum atomic E-state index is -0.168. The summed E-state index contributed by atoms with van der Waals surface area (Å²) in [7, 11) is 1.66. The lowest BCUT2D eigenvalue weighted by molar-refractivity contribution is -0.137. The van der Waals surface area contributed by atoms with Gasteiger partial charge in [0.2, 0.25) is 11.8 Å². The van der Waals surface area contributed by atoms with Gasteiger partial charge in [-0.15, -0.1) is 0 Å². The molecule has 0 spiro atoms. The highest BCUT2D eigenvalue weighted by molar-refractivity contribution is 5.84. The van der Waals surface area contributed by atoms with E-state index in [4.69, 9.17) is 0 Å². The maximum Gasteiger partial charge on any atom is 0.240 e. The maximum atomic E-state index is 12.8. The maximum absolute atomic E-state index is 12.8. The second-order valence-electron chi connectivity index (χ2n) is 6.14. The highest BCUT2D eigenvalue weighted by Gasteiger charge is 2.32. The molecule has 5 nitrogen and oxygen atoms in total. The zero-order valence-electron chi connectivity index (χ0n) is 13.0. The van der Waals surface area contributed by atoms with Gasteiger partial charge in [0.1, 0.15) is 0 Å². The Labute approximate surface area is 131 Å². The predicted molar refractivity (Wildman–Crippen MR) is 84.1 cm³/mol. The van der Waals surface area contributed by atoms with Crippen LogP contribution < -0.4 is 10.6 Å². The van der Waals surface area contributed by atoms with Crippen molar-refractivity contribution < 1.29 is 9.59 Å². The van der Waals surface area contributed by atoms with Gasteiger partial charge in [-0.25, -0.2) is 0 Å². The number of piperidine rings is 1. The van der Waals surface area contributed by atoms with Crippen LogP contribution in [-0.4, -0.2) is 42.9 Å². The van der Waals surface area contributed by atoms with Gasteiger partial charge in [-0.2, -0.15) is 0 Å². The van der Waals surface area contributed by atoms with E-state index < -0.39 is 0 Å². The Kier molecular flexibility index (Phi) is 4.43. The lowest BCUT2D eigenvalue weighted by atomic mass is 9.93. The van der Waals surface area contributed by atoms with Gasteiger partial charge in [0, 0.05) is 26.7 Å². The van der Waals surface area contributed by atoms with Crippen LogP contribution in [0.3, 0.4) is 0 Å². The molecule has 22 heavy (non-hydrogen) atoms. The Morgan fingerprint density at radius 2 is 2.05 bits per heavy atom. The highest BCUT2D eigenvalue weighted by Crippen LogP contribution is 2.21. The molecule has 118 valence electrons. The normalized spacial score (nSPS) is 24.5. The molecule has 2 N–H and O–H groups in total. The third-order valence-electron chi connectivity index (χ3n) is 4.73. The topological polar surface area (TPSA) is 61.4 Å². The molecule has 5 heteroatoms. The van der Waals surface area contributed by atoms with E-state index >= 15 is 0 Å². The first kappa shape index (κ1) is 15.0. The number of rotatable bonds is 2. The van der Waals surface area contributed by atoms with Crippen LogP contribution in [0.15, 0.2) is 24.3 Å². The number of fused-ring (bicyclic) bond motifs is 1. The van der Waals surface area contributed by atoms with Gasteiger partial charge >= 0.3 is 0 Å². The van der Waals surface area contributed by atoms with Crippen molar-refractivity contribution in [3.63, 3.8) is 0 Å². The molecule has 1 aromatic rings. The Morgan fingerprint density at radius 1 is 1.27 bits per heavy atom. The van der Waals surface area contributed by atoms with Crippen LogP contribution in [-0.2, 0) is 22.6 Å². The van der Waals surface area contributed by atoms with Crippen LogP contribution in [0.25, 0.3) is 0 Å². The summed E-state index contributed by atoms with van der Waals surface area (Å²) in [5, 5.41) is 6.03. The van der Waals surface area contributed by atoms with Crippen LogP contribution in [0.5, 0.6) is 0 Å².